The van der Waals surface area contributed by atoms with E-state index in [1.807, 2.05) is 24.3 Å². The Morgan fingerprint density at radius 1 is 0.966 bits per heavy atom. The van der Waals surface area contributed by atoms with Crippen LogP contribution in [0.3, 0.4) is 0 Å². The highest BCUT2D eigenvalue weighted by Gasteiger charge is 2.12. The summed E-state index contributed by atoms with van der Waals surface area (Å²) in [5.74, 6) is 0.512. The van der Waals surface area contributed by atoms with Crippen LogP contribution in [0.5, 0.6) is 0 Å². The maximum Gasteiger partial charge on any atom is 0.170 e. The Hall–Kier alpha value is -4.06. The first-order valence-corrected chi connectivity index (χ1v) is 9.05. The summed E-state index contributed by atoms with van der Waals surface area (Å²) in [6.45, 7) is 0. The number of hydrogen-bond donors (Lipinski definition) is 3. The van der Waals surface area contributed by atoms with Crippen LogP contribution in [0.1, 0.15) is 32.1 Å². The van der Waals surface area contributed by atoms with Crippen molar-refractivity contribution in [3.05, 3.63) is 89.2 Å². The van der Waals surface area contributed by atoms with Gasteiger partial charge in [-0.1, -0.05) is 48.5 Å². The zero-order valence-electron chi connectivity index (χ0n) is 15.5. The number of benzene rings is 3. The van der Waals surface area contributed by atoms with E-state index < -0.39 is 0 Å². The van der Waals surface area contributed by atoms with Crippen LogP contribution in [-0.4, -0.2) is 27.9 Å². The van der Waals surface area contributed by atoms with Crippen molar-refractivity contribution in [1.29, 1.82) is 5.41 Å². The van der Waals surface area contributed by atoms with Gasteiger partial charge in [0, 0.05) is 16.7 Å². The molecular formula is C23H18N4O2. The van der Waals surface area contributed by atoms with Crippen molar-refractivity contribution < 1.29 is 9.59 Å². The lowest BCUT2D eigenvalue weighted by Crippen LogP contribution is -2.10. The normalized spacial score (nSPS) is 10.8. The molecule has 0 radical (unpaired) electrons. The number of carbonyl (C=O) groups excluding carboxylic acids is 2. The van der Waals surface area contributed by atoms with Gasteiger partial charge in [-0.05, 0) is 29.3 Å². The summed E-state index contributed by atoms with van der Waals surface area (Å²) in [5, 5.41) is 7.52. The van der Waals surface area contributed by atoms with Gasteiger partial charge in [-0.15, -0.1) is 0 Å². The van der Waals surface area contributed by atoms with Crippen LogP contribution in [0.4, 0.5) is 0 Å². The Kier molecular flexibility index (Phi) is 4.75. The molecule has 0 aliphatic heterocycles. The number of aromatic amines is 1. The molecular weight excluding hydrogens is 364 g/mol. The number of nitrogens with two attached hydrogens (primary N) is 1. The lowest BCUT2D eigenvalue weighted by atomic mass is 10.0. The summed E-state index contributed by atoms with van der Waals surface area (Å²) in [6.07, 6.45) is 0.960. The molecule has 142 valence electrons. The minimum Gasteiger partial charge on any atom is -0.384 e. The number of amidine groups is 1. The van der Waals surface area contributed by atoms with Gasteiger partial charge in [0.05, 0.1) is 17.5 Å². The molecule has 3 aromatic carbocycles. The molecule has 0 unspecified atom stereocenters. The molecule has 6 heteroatoms. The standard InChI is InChI=1S/C23H18N4O2/c24-23(25)18-9-10-19-20(11-18)27-22(26-19)12-21(29)17-7-5-16(6-8-17)15-3-1-14(13-28)2-4-15/h1-11,13H,12H2,(H3,24,25)(H,26,27). The molecule has 4 N–H and O–H groups in total. The van der Waals surface area contributed by atoms with Crippen molar-refractivity contribution in [2.75, 3.05) is 0 Å². The smallest absolute Gasteiger partial charge is 0.170 e. The Labute approximate surface area is 166 Å². The third-order valence-electron chi connectivity index (χ3n) is 4.76. The first kappa shape index (κ1) is 18.3. The SMILES string of the molecule is N=C(N)c1ccc2nc(CC(=O)c3ccc(-c4ccc(C=O)cc4)cc3)[nH]c2c1. The molecule has 0 saturated heterocycles. The highest BCUT2D eigenvalue weighted by molar-refractivity contribution is 5.99. The maximum absolute atomic E-state index is 12.6. The van der Waals surface area contributed by atoms with Crippen LogP contribution in [-0.2, 0) is 6.42 Å². The minimum absolute atomic E-state index is 0.0139. The van der Waals surface area contributed by atoms with Gasteiger partial charge in [0.1, 0.15) is 17.9 Å². The molecule has 4 rings (SSSR count). The predicted molar refractivity (Wildman–Crippen MR) is 112 cm³/mol. The number of aldehydes is 1. The average molecular weight is 382 g/mol. The number of nitrogens with one attached hydrogen (secondary N) is 2. The second-order valence-electron chi connectivity index (χ2n) is 6.75. The summed E-state index contributed by atoms with van der Waals surface area (Å²) in [5.41, 5.74) is 10.8. The van der Waals surface area contributed by atoms with Crippen molar-refractivity contribution in [3.8, 4) is 11.1 Å². The van der Waals surface area contributed by atoms with Gasteiger partial charge in [0.2, 0.25) is 0 Å². The van der Waals surface area contributed by atoms with Gasteiger partial charge >= 0.3 is 0 Å². The highest BCUT2D eigenvalue weighted by Crippen LogP contribution is 2.21. The maximum atomic E-state index is 12.6. The first-order chi connectivity index (χ1) is 14.0. The topological polar surface area (TPSA) is 113 Å². The molecule has 0 atom stereocenters. The Morgan fingerprint density at radius 2 is 1.59 bits per heavy atom. The number of nitrogen functional groups attached to an aromatic ring is 1. The number of H-pyrrole nitrogens is 1. The van der Waals surface area contributed by atoms with Gasteiger partial charge in [0.15, 0.2) is 5.78 Å². The van der Waals surface area contributed by atoms with Crippen LogP contribution < -0.4 is 5.73 Å². The molecule has 0 spiro atoms. The minimum atomic E-state index is -0.0429. The number of Topliss-reactive ketones (excluding diaryl/α,β-unsaturated/α-hetero) is 1. The number of imidazole rings is 1. The zero-order valence-corrected chi connectivity index (χ0v) is 15.5. The fraction of sp³-hybridized carbons (Fsp3) is 0.0435. The van der Waals surface area contributed by atoms with Gasteiger partial charge < -0.3 is 10.7 Å². The lowest BCUT2D eigenvalue weighted by Gasteiger charge is -2.04. The van der Waals surface area contributed by atoms with Gasteiger partial charge in [-0.25, -0.2) is 4.98 Å². The lowest BCUT2D eigenvalue weighted by molar-refractivity contribution is 0.0990. The molecule has 29 heavy (non-hydrogen) atoms. The number of nitrogens with zero attached hydrogens (tertiary/aromatic N) is 1. The van der Waals surface area contributed by atoms with Gasteiger partial charge in [-0.2, -0.15) is 0 Å². The number of fused-ring (bicyclic) bond motifs is 1. The van der Waals surface area contributed by atoms with E-state index in [2.05, 4.69) is 9.97 Å². The van der Waals surface area contributed by atoms with Gasteiger partial charge in [0.25, 0.3) is 0 Å². The quantitative estimate of drug-likeness (QED) is 0.204. The molecule has 1 aromatic heterocycles. The number of ketones is 1. The second-order valence-corrected chi connectivity index (χ2v) is 6.75. The second kappa shape index (κ2) is 7.52. The molecule has 0 aliphatic carbocycles. The van der Waals surface area contributed by atoms with Crippen molar-refractivity contribution in [2.24, 2.45) is 5.73 Å². The highest BCUT2D eigenvalue weighted by atomic mass is 16.1. The molecule has 0 amide bonds. The van der Waals surface area contributed by atoms with Crippen molar-refractivity contribution in [1.82, 2.24) is 9.97 Å². The van der Waals surface area contributed by atoms with Crippen LogP contribution in [0.2, 0.25) is 0 Å². The van der Waals surface area contributed by atoms with Crippen molar-refractivity contribution >= 4 is 28.9 Å². The monoisotopic (exact) mass is 382 g/mol. The summed E-state index contributed by atoms with van der Waals surface area (Å²) in [7, 11) is 0. The van der Waals surface area contributed by atoms with Crippen LogP contribution >= 0.6 is 0 Å². The third kappa shape index (κ3) is 3.82. The van der Waals surface area contributed by atoms with E-state index in [0.717, 1.165) is 28.4 Å². The van der Waals surface area contributed by atoms with E-state index in [1.54, 1.807) is 42.5 Å². The Morgan fingerprint density at radius 3 is 2.21 bits per heavy atom. The van der Waals surface area contributed by atoms with E-state index in [-0.39, 0.29) is 18.0 Å². The fourth-order valence-corrected chi connectivity index (χ4v) is 3.17. The number of carbonyl (C=O) groups is 2. The first-order valence-electron chi connectivity index (χ1n) is 9.05. The van der Waals surface area contributed by atoms with Crippen molar-refractivity contribution in [2.45, 2.75) is 6.42 Å². The summed E-state index contributed by atoms with van der Waals surface area (Å²) < 4.78 is 0. The van der Waals surface area contributed by atoms with Crippen LogP contribution in [0.15, 0.2) is 66.7 Å². The average Bonchev–Trinajstić information content (AvgIpc) is 3.15. The van der Waals surface area contributed by atoms with E-state index in [9.17, 15) is 9.59 Å². The summed E-state index contributed by atoms with van der Waals surface area (Å²) in [6, 6.07) is 19.9. The fourth-order valence-electron chi connectivity index (χ4n) is 3.17. The summed E-state index contributed by atoms with van der Waals surface area (Å²) >= 11 is 0. The molecule has 0 bridgehead atoms. The Balaban J connectivity index is 1.51. The predicted octanol–water partition coefficient (Wildman–Crippen LogP) is 3.75. The van der Waals surface area contributed by atoms with E-state index in [0.29, 0.717) is 22.5 Å². The number of hydrogen-bond acceptors (Lipinski definition) is 4. The van der Waals surface area contributed by atoms with E-state index >= 15 is 0 Å². The largest absolute Gasteiger partial charge is 0.384 e. The Bertz CT molecular complexity index is 1220. The molecule has 6 nitrogen and oxygen atoms in total. The third-order valence-corrected chi connectivity index (χ3v) is 4.76. The number of rotatable bonds is 6. The van der Waals surface area contributed by atoms with Crippen LogP contribution in [0.25, 0.3) is 22.2 Å². The zero-order chi connectivity index (χ0) is 20.4. The molecule has 4 aromatic rings. The van der Waals surface area contributed by atoms with Gasteiger partial charge in [-0.3, -0.25) is 15.0 Å². The molecule has 1 heterocycles. The van der Waals surface area contributed by atoms with Crippen molar-refractivity contribution in [3.63, 3.8) is 0 Å². The van der Waals surface area contributed by atoms with Crippen LogP contribution in [0, 0.1) is 5.41 Å². The molecule has 0 aliphatic rings. The molecule has 0 saturated carbocycles. The number of aromatic nitrogens is 2. The molecule has 0 fully saturated rings. The van der Waals surface area contributed by atoms with E-state index in [1.165, 1.54) is 0 Å². The van der Waals surface area contributed by atoms with E-state index in [4.69, 9.17) is 11.1 Å². The summed E-state index contributed by atoms with van der Waals surface area (Å²) in [4.78, 5) is 31.0.